The lowest BCUT2D eigenvalue weighted by Gasteiger charge is -2.15. The molecule has 0 saturated carbocycles. The van der Waals surface area contributed by atoms with Crippen molar-refractivity contribution in [1.29, 1.82) is 0 Å². The molecule has 0 spiro atoms. The molecule has 8 heteroatoms. The Labute approximate surface area is 158 Å². The second-order valence-electron chi connectivity index (χ2n) is 6.28. The zero-order valence-corrected chi connectivity index (χ0v) is 15.9. The van der Waals surface area contributed by atoms with E-state index >= 15 is 0 Å². The predicted octanol–water partition coefficient (Wildman–Crippen LogP) is 2.45. The van der Waals surface area contributed by atoms with E-state index in [0.717, 1.165) is 11.1 Å². The Balaban J connectivity index is 1.98. The third-order valence-corrected chi connectivity index (χ3v) is 5.41. The van der Waals surface area contributed by atoms with Crippen LogP contribution in [0.4, 0.5) is 5.69 Å². The first kappa shape index (κ1) is 20.6. The van der Waals surface area contributed by atoms with Gasteiger partial charge in [0.25, 0.3) is 0 Å². The largest absolute Gasteiger partial charge is 0.480 e. The molecule has 0 saturated heterocycles. The first-order valence-corrected chi connectivity index (χ1v) is 9.84. The number of sulfonamides is 1. The van der Waals surface area contributed by atoms with Gasteiger partial charge in [-0.1, -0.05) is 35.4 Å². The van der Waals surface area contributed by atoms with Crippen LogP contribution in [0, 0.1) is 13.8 Å². The Morgan fingerprint density at radius 2 is 1.48 bits per heavy atom. The Morgan fingerprint density at radius 1 is 0.963 bits per heavy atom. The minimum Gasteiger partial charge on any atom is -0.480 e. The molecule has 0 aliphatic heterocycles. The van der Waals surface area contributed by atoms with Crippen molar-refractivity contribution >= 4 is 27.6 Å². The normalized spacial score (nSPS) is 12.4. The number of aliphatic carboxylic acids is 1. The van der Waals surface area contributed by atoms with Gasteiger partial charge in [-0.25, -0.2) is 8.42 Å². The van der Waals surface area contributed by atoms with Crippen molar-refractivity contribution in [1.82, 2.24) is 4.72 Å². The topological polar surface area (TPSA) is 113 Å². The molecule has 0 fully saturated rings. The fraction of sp³-hybridized carbons (Fsp3) is 0.263. The minimum atomic E-state index is -4.00. The molecule has 3 N–H and O–H groups in total. The molecule has 0 heterocycles. The van der Waals surface area contributed by atoms with Gasteiger partial charge in [0.15, 0.2) is 0 Å². The molecule has 0 bridgehead atoms. The van der Waals surface area contributed by atoms with Crippen molar-refractivity contribution in [2.24, 2.45) is 0 Å². The molecule has 1 unspecified atom stereocenters. The summed E-state index contributed by atoms with van der Waals surface area (Å²) in [6, 6.07) is 11.8. The molecule has 1 atom stereocenters. The van der Waals surface area contributed by atoms with Gasteiger partial charge < -0.3 is 10.4 Å². The Kier molecular flexibility index (Phi) is 6.70. The molecule has 2 aromatic carbocycles. The summed E-state index contributed by atoms with van der Waals surface area (Å²) in [7, 11) is -4.00. The maximum Gasteiger partial charge on any atom is 0.321 e. The standard InChI is InChI=1S/C19H22N2O5S/c1-13-3-7-15(8-4-13)20-18(22)12-11-17(19(23)24)21-27(25,26)16-9-5-14(2)6-10-16/h3-10,17,21H,11-12H2,1-2H3,(H,20,22)(H,23,24). The van der Waals surface area contributed by atoms with Gasteiger partial charge in [0.1, 0.15) is 6.04 Å². The number of benzene rings is 2. The van der Waals surface area contributed by atoms with Crippen molar-refractivity contribution in [2.45, 2.75) is 37.6 Å². The molecule has 0 aromatic heterocycles. The summed E-state index contributed by atoms with van der Waals surface area (Å²) in [5.74, 6) is -1.73. The molecule has 27 heavy (non-hydrogen) atoms. The van der Waals surface area contributed by atoms with E-state index in [-0.39, 0.29) is 23.6 Å². The Morgan fingerprint density at radius 3 is 2.00 bits per heavy atom. The predicted molar refractivity (Wildman–Crippen MR) is 102 cm³/mol. The number of hydrogen-bond acceptors (Lipinski definition) is 4. The fourth-order valence-corrected chi connectivity index (χ4v) is 3.57. The number of aryl methyl sites for hydroxylation is 2. The number of rotatable bonds is 8. The molecule has 0 aliphatic rings. The summed E-state index contributed by atoms with van der Waals surface area (Å²) < 4.78 is 26.8. The highest BCUT2D eigenvalue weighted by molar-refractivity contribution is 7.89. The second kappa shape index (κ2) is 8.79. The van der Waals surface area contributed by atoms with Crippen LogP contribution in [0.2, 0.25) is 0 Å². The average molecular weight is 390 g/mol. The Hall–Kier alpha value is -2.71. The van der Waals surface area contributed by atoms with E-state index in [1.54, 1.807) is 24.3 Å². The molecule has 1 amide bonds. The zero-order valence-electron chi connectivity index (χ0n) is 15.1. The van der Waals surface area contributed by atoms with E-state index in [0.29, 0.717) is 5.69 Å². The average Bonchev–Trinajstić information content (AvgIpc) is 2.60. The van der Waals surface area contributed by atoms with Crippen LogP contribution in [0.1, 0.15) is 24.0 Å². The van der Waals surface area contributed by atoms with Crippen LogP contribution < -0.4 is 10.0 Å². The van der Waals surface area contributed by atoms with E-state index in [1.165, 1.54) is 12.1 Å². The van der Waals surface area contributed by atoms with Gasteiger partial charge in [0.05, 0.1) is 4.90 Å². The van der Waals surface area contributed by atoms with Crippen LogP contribution in [0.3, 0.4) is 0 Å². The second-order valence-corrected chi connectivity index (χ2v) is 7.99. The van der Waals surface area contributed by atoms with Crippen molar-refractivity contribution in [2.75, 3.05) is 5.32 Å². The van der Waals surface area contributed by atoms with Crippen molar-refractivity contribution < 1.29 is 23.1 Å². The monoisotopic (exact) mass is 390 g/mol. The van der Waals surface area contributed by atoms with Gasteiger partial charge in [-0.05, 0) is 44.5 Å². The molecule has 2 rings (SSSR count). The maximum absolute atomic E-state index is 12.4. The van der Waals surface area contributed by atoms with Gasteiger partial charge in [-0.15, -0.1) is 0 Å². The maximum atomic E-state index is 12.4. The number of amides is 1. The number of carbonyl (C=O) groups excluding carboxylic acids is 1. The van der Waals surface area contributed by atoms with Crippen LogP contribution in [-0.4, -0.2) is 31.4 Å². The van der Waals surface area contributed by atoms with Crippen LogP contribution in [0.15, 0.2) is 53.4 Å². The van der Waals surface area contributed by atoms with E-state index in [2.05, 4.69) is 10.0 Å². The van der Waals surface area contributed by atoms with Gasteiger partial charge in [-0.2, -0.15) is 4.72 Å². The third kappa shape index (κ3) is 6.19. The van der Waals surface area contributed by atoms with Crippen molar-refractivity contribution in [3.05, 3.63) is 59.7 Å². The van der Waals surface area contributed by atoms with E-state index in [1.807, 2.05) is 26.0 Å². The third-order valence-electron chi connectivity index (χ3n) is 3.92. The lowest BCUT2D eigenvalue weighted by Crippen LogP contribution is -2.41. The lowest BCUT2D eigenvalue weighted by molar-refractivity contribution is -0.139. The molecule has 144 valence electrons. The van der Waals surface area contributed by atoms with Gasteiger partial charge in [0.2, 0.25) is 15.9 Å². The van der Waals surface area contributed by atoms with Crippen LogP contribution >= 0.6 is 0 Å². The number of carbonyl (C=O) groups is 2. The van der Waals surface area contributed by atoms with Gasteiger partial charge >= 0.3 is 5.97 Å². The number of nitrogens with one attached hydrogen (secondary N) is 2. The lowest BCUT2D eigenvalue weighted by atomic mass is 10.1. The SMILES string of the molecule is Cc1ccc(NC(=O)CCC(NS(=O)(=O)c2ccc(C)cc2)C(=O)O)cc1. The summed E-state index contributed by atoms with van der Waals surface area (Å²) in [6.07, 6.45) is -0.306. The molecular weight excluding hydrogens is 368 g/mol. The summed E-state index contributed by atoms with van der Waals surface area (Å²) >= 11 is 0. The Bertz CT molecular complexity index is 906. The summed E-state index contributed by atoms with van der Waals surface area (Å²) in [4.78, 5) is 23.4. The number of anilines is 1. The highest BCUT2D eigenvalue weighted by Crippen LogP contribution is 2.13. The fourth-order valence-electron chi connectivity index (χ4n) is 2.34. The zero-order chi connectivity index (χ0) is 20.0. The molecule has 0 radical (unpaired) electrons. The smallest absolute Gasteiger partial charge is 0.321 e. The van der Waals surface area contributed by atoms with E-state index < -0.39 is 22.0 Å². The van der Waals surface area contributed by atoms with Gasteiger partial charge in [-0.3, -0.25) is 9.59 Å². The van der Waals surface area contributed by atoms with Crippen LogP contribution in [-0.2, 0) is 19.6 Å². The number of carboxylic acids is 1. The molecule has 2 aromatic rings. The van der Waals surface area contributed by atoms with E-state index in [4.69, 9.17) is 0 Å². The number of carboxylic acid groups (broad SMARTS) is 1. The molecular formula is C19H22N2O5S. The highest BCUT2D eigenvalue weighted by atomic mass is 32.2. The highest BCUT2D eigenvalue weighted by Gasteiger charge is 2.26. The molecule has 7 nitrogen and oxygen atoms in total. The van der Waals surface area contributed by atoms with Crippen LogP contribution in [0.5, 0.6) is 0 Å². The quantitative estimate of drug-likeness (QED) is 0.641. The minimum absolute atomic E-state index is 0.0246. The van der Waals surface area contributed by atoms with Crippen molar-refractivity contribution in [3.63, 3.8) is 0 Å². The summed E-state index contributed by atoms with van der Waals surface area (Å²) in [5.41, 5.74) is 2.53. The summed E-state index contributed by atoms with van der Waals surface area (Å²) in [6.45, 7) is 3.74. The summed E-state index contributed by atoms with van der Waals surface area (Å²) in [5, 5.41) is 12.0. The van der Waals surface area contributed by atoms with Crippen LogP contribution in [0.25, 0.3) is 0 Å². The van der Waals surface area contributed by atoms with E-state index in [9.17, 15) is 23.1 Å². The molecule has 0 aliphatic carbocycles. The van der Waals surface area contributed by atoms with Crippen molar-refractivity contribution in [3.8, 4) is 0 Å². The van der Waals surface area contributed by atoms with Gasteiger partial charge in [0, 0.05) is 12.1 Å². The first-order valence-electron chi connectivity index (χ1n) is 8.36. The number of hydrogen-bond donors (Lipinski definition) is 3. The first-order chi connectivity index (χ1) is 12.7.